The number of halogens is 3. The Morgan fingerprint density at radius 2 is 1.86 bits per heavy atom. The molecule has 7 heteroatoms. The number of alkyl halides is 3. The summed E-state index contributed by atoms with van der Waals surface area (Å²) < 4.78 is 42.7. The van der Waals surface area contributed by atoms with Crippen LogP contribution in [-0.2, 0) is 27.2 Å². The molecule has 156 valence electrons. The summed E-state index contributed by atoms with van der Waals surface area (Å²) in [5.41, 5.74) is 0.534. The number of ketones is 1. The summed E-state index contributed by atoms with van der Waals surface area (Å²) in [6.45, 7) is 0.396. The third-order valence-electron chi connectivity index (χ3n) is 5.00. The highest BCUT2D eigenvalue weighted by atomic mass is 19.4. The fourth-order valence-corrected chi connectivity index (χ4v) is 3.49. The standard InChI is InChI=1S/C21H27F3O4/c22-21(23,24)13-17-11-15(9-10-19(17)26)5-3-4-8-18(25)12-20(27)28-14-16-6-1-2-7-16/h9-11,16,26H,1-8,12-14H2. The maximum absolute atomic E-state index is 12.5. The van der Waals surface area contributed by atoms with Crippen LogP contribution in [0.4, 0.5) is 13.2 Å². The summed E-state index contributed by atoms with van der Waals surface area (Å²) in [6.07, 6.45) is 0.608. The number of Topliss-reactive ketones (excluding diaryl/α,β-unsaturated/α-hetero) is 1. The lowest BCUT2D eigenvalue weighted by molar-refractivity contribution is -0.147. The monoisotopic (exact) mass is 400 g/mol. The third-order valence-corrected chi connectivity index (χ3v) is 5.00. The van der Waals surface area contributed by atoms with Crippen molar-refractivity contribution in [2.24, 2.45) is 5.92 Å². The Morgan fingerprint density at radius 1 is 1.14 bits per heavy atom. The summed E-state index contributed by atoms with van der Waals surface area (Å²) in [7, 11) is 0. The van der Waals surface area contributed by atoms with Gasteiger partial charge in [0.2, 0.25) is 0 Å². The Kier molecular flexibility index (Phi) is 8.33. The molecular weight excluding hydrogens is 373 g/mol. The van der Waals surface area contributed by atoms with Crippen LogP contribution in [0.15, 0.2) is 18.2 Å². The highest BCUT2D eigenvalue weighted by Gasteiger charge is 2.29. The molecule has 28 heavy (non-hydrogen) atoms. The van der Waals surface area contributed by atoms with Gasteiger partial charge in [-0.25, -0.2) is 0 Å². The number of phenols is 1. The molecule has 0 aliphatic heterocycles. The van der Waals surface area contributed by atoms with Gasteiger partial charge in [0.15, 0.2) is 0 Å². The second-order valence-electron chi connectivity index (χ2n) is 7.51. The number of phenolic OH excluding ortho intramolecular Hbond substituents is 1. The van der Waals surface area contributed by atoms with E-state index in [4.69, 9.17) is 4.74 Å². The molecule has 0 amide bonds. The van der Waals surface area contributed by atoms with Gasteiger partial charge in [-0.15, -0.1) is 0 Å². The minimum Gasteiger partial charge on any atom is -0.508 e. The highest BCUT2D eigenvalue weighted by molar-refractivity contribution is 5.95. The van der Waals surface area contributed by atoms with Gasteiger partial charge in [-0.1, -0.05) is 25.0 Å². The molecule has 0 aromatic heterocycles. The molecule has 2 rings (SSSR count). The number of aromatic hydroxyl groups is 1. The Morgan fingerprint density at radius 3 is 2.54 bits per heavy atom. The third kappa shape index (κ3) is 8.31. The molecule has 4 nitrogen and oxygen atoms in total. The van der Waals surface area contributed by atoms with Gasteiger partial charge in [-0.2, -0.15) is 13.2 Å². The zero-order valence-corrected chi connectivity index (χ0v) is 15.9. The second-order valence-corrected chi connectivity index (χ2v) is 7.51. The first-order valence-electron chi connectivity index (χ1n) is 9.78. The summed E-state index contributed by atoms with van der Waals surface area (Å²) in [6, 6.07) is 4.20. The number of esters is 1. The number of carbonyl (C=O) groups is 2. The number of hydrogen-bond donors (Lipinski definition) is 1. The molecule has 0 atom stereocenters. The number of aryl methyl sites for hydroxylation is 1. The van der Waals surface area contributed by atoms with E-state index in [9.17, 15) is 27.9 Å². The molecular formula is C21H27F3O4. The summed E-state index contributed by atoms with van der Waals surface area (Å²) in [4.78, 5) is 23.5. The van der Waals surface area contributed by atoms with E-state index >= 15 is 0 Å². The van der Waals surface area contributed by atoms with Crippen LogP contribution in [0.2, 0.25) is 0 Å². The predicted molar refractivity (Wildman–Crippen MR) is 98.0 cm³/mol. The van der Waals surface area contributed by atoms with Crippen molar-refractivity contribution in [3.05, 3.63) is 29.3 Å². The van der Waals surface area contributed by atoms with Gasteiger partial charge < -0.3 is 9.84 Å². The molecule has 0 bridgehead atoms. The molecule has 0 saturated heterocycles. The van der Waals surface area contributed by atoms with E-state index in [-0.39, 0.29) is 29.9 Å². The first-order valence-corrected chi connectivity index (χ1v) is 9.78. The van der Waals surface area contributed by atoms with Crippen molar-refractivity contribution in [2.75, 3.05) is 6.61 Å². The Labute approximate surface area is 163 Å². The smallest absolute Gasteiger partial charge is 0.393 e. The Bertz CT molecular complexity index is 664. The van der Waals surface area contributed by atoms with Crippen LogP contribution >= 0.6 is 0 Å². The van der Waals surface area contributed by atoms with Crippen LogP contribution in [0.1, 0.15) is 62.5 Å². The molecule has 0 heterocycles. The van der Waals surface area contributed by atoms with E-state index < -0.39 is 18.6 Å². The van der Waals surface area contributed by atoms with Crippen LogP contribution < -0.4 is 0 Å². The average molecular weight is 400 g/mol. The minimum absolute atomic E-state index is 0.147. The molecule has 1 aromatic carbocycles. The first-order chi connectivity index (χ1) is 13.2. The normalized spacial score (nSPS) is 15.0. The lowest BCUT2D eigenvalue weighted by Crippen LogP contribution is -2.15. The molecule has 1 aromatic rings. The van der Waals surface area contributed by atoms with Crippen molar-refractivity contribution in [3.8, 4) is 5.75 Å². The molecule has 1 saturated carbocycles. The van der Waals surface area contributed by atoms with Gasteiger partial charge in [-0.05, 0) is 49.7 Å². The summed E-state index contributed by atoms with van der Waals surface area (Å²) in [5.74, 6) is -0.605. The fourth-order valence-electron chi connectivity index (χ4n) is 3.49. The largest absolute Gasteiger partial charge is 0.508 e. The Balaban J connectivity index is 1.65. The molecule has 0 radical (unpaired) electrons. The van der Waals surface area contributed by atoms with Gasteiger partial charge in [0, 0.05) is 12.0 Å². The van der Waals surface area contributed by atoms with Crippen LogP contribution in [-0.4, -0.2) is 29.6 Å². The molecule has 0 spiro atoms. The SMILES string of the molecule is O=C(CCCCc1ccc(O)c(CC(F)(F)F)c1)CC(=O)OCC1CCCC1. The molecule has 1 N–H and O–H groups in total. The number of carbonyl (C=O) groups excluding carboxylic acids is 2. The number of benzene rings is 1. The van der Waals surface area contributed by atoms with Crippen LogP contribution in [0, 0.1) is 5.92 Å². The van der Waals surface area contributed by atoms with Crippen molar-refractivity contribution in [1.82, 2.24) is 0 Å². The summed E-state index contributed by atoms with van der Waals surface area (Å²) >= 11 is 0. The topological polar surface area (TPSA) is 63.6 Å². The van der Waals surface area contributed by atoms with Gasteiger partial charge in [0.1, 0.15) is 18.0 Å². The van der Waals surface area contributed by atoms with Crippen molar-refractivity contribution in [2.45, 2.75) is 70.4 Å². The van der Waals surface area contributed by atoms with Crippen molar-refractivity contribution < 1.29 is 32.6 Å². The van der Waals surface area contributed by atoms with E-state index in [0.29, 0.717) is 37.4 Å². The maximum atomic E-state index is 12.5. The van der Waals surface area contributed by atoms with Crippen LogP contribution in [0.25, 0.3) is 0 Å². The number of rotatable bonds is 10. The number of unbranched alkanes of at least 4 members (excludes halogenated alkanes) is 1. The Hall–Kier alpha value is -2.05. The predicted octanol–water partition coefficient (Wildman–Crippen LogP) is 4.90. The first kappa shape index (κ1) is 22.2. The second kappa shape index (κ2) is 10.5. The van der Waals surface area contributed by atoms with Crippen molar-refractivity contribution in [1.29, 1.82) is 0 Å². The molecule has 0 unspecified atom stereocenters. The molecule has 1 aliphatic carbocycles. The molecule has 1 aliphatic rings. The maximum Gasteiger partial charge on any atom is 0.393 e. The summed E-state index contributed by atoms with van der Waals surface area (Å²) in [5, 5.41) is 9.55. The lowest BCUT2D eigenvalue weighted by Gasteiger charge is -2.10. The van der Waals surface area contributed by atoms with Gasteiger partial charge in [-0.3, -0.25) is 9.59 Å². The minimum atomic E-state index is -4.38. The van der Waals surface area contributed by atoms with E-state index in [1.54, 1.807) is 6.07 Å². The zero-order chi connectivity index (χ0) is 20.6. The highest BCUT2D eigenvalue weighted by Crippen LogP contribution is 2.28. The van der Waals surface area contributed by atoms with E-state index in [1.165, 1.54) is 25.0 Å². The van der Waals surface area contributed by atoms with Gasteiger partial charge in [0.05, 0.1) is 13.0 Å². The number of ether oxygens (including phenoxy) is 1. The van der Waals surface area contributed by atoms with Crippen molar-refractivity contribution in [3.63, 3.8) is 0 Å². The van der Waals surface area contributed by atoms with Crippen molar-refractivity contribution >= 4 is 11.8 Å². The van der Waals surface area contributed by atoms with Crippen LogP contribution in [0.3, 0.4) is 0 Å². The lowest BCUT2D eigenvalue weighted by atomic mass is 10.0. The average Bonchev–Trinajstić information content (AvgIpc) is 3.12. The van der Waals surface area contributed by atoms with Crippen LogP contribution in [0.5, 0.6) is 5.75 Å². The fraction of sp³-hybridized carbons (Fsp3) is 0.619. The quantitative estimate of drug-likeness (QED) is 0.345. The number of hydrogen-bond acceptors (Lipinski definition) is 4. The van der Waals surface area contributed by atoms with E-state index in [1.807, 2.05) is 0 Å². The van der Waals surface area contributed by atoms with Gasteiger partial charge in [0.25, 0.3) is 0 Å². The molecule has 1 fully saturated rings. The van der Waals surface area contributed by atoms with E-state index in [0.717, 1.165) is 12.8 Å². The van der Waals surface area contributed by atoms with Gasteiger partial charge >= 0.3 is 12.1 Å². The zero-order valence-electron chi connectivity index (χ0n) is 15.9. The van der Waals surface area contributed by atoms with E-state index in [2.05, 4.69) is 0 Å².